The van der Waals surface area contributed by atoms with Crippen molar-refractivity contribution >= 4 is 17.4 Å². The van der Waals surface area contributed by atoms with Crippen molar-refractivity contribution in [1.82, 2.24) is 10.2 Å². The van der Waals surface area contributed by atoms with Crippen LogP contribution < -0.4 is 14.8 Å². The van der Waals surface area contributed by atoms with Gasteiger partial charge in [0, 0.05) is 31.8 Å². The van der Waals surface area contributed by atoms with Gasteiger partial charge in [0.15, 0.2) is 0 Å². The quantitative estimate of drug-likeness (QED) is 0.112. The molecule has 7 nitrogen and oxygen atoms in total. The van der Waals surface area contributed by atoms with Gasteiger partial charge in [0.2, 0.25) is 0 Å². The number of rotatable bonds is 17. The minimum Gasteiger partial charge on any atom is -0.488 e. The minimum absolute atomic E-state index is 0.0535. The molecular formula is C44H52N2O5. The summed E-state index contributed by atoms with van der Waals surface area (Å²) in [5.74, 6) is 1.11. The van der Waals surface area contributed by atoms with E-state index in [2.05, 4.69) is 25.7 Å². The van der Waals surface area contributed by atoms with Gasteiger partial charge >= 0.3 is 5.97 Å². The van der Waals surface area contributed by atoms with Crippen LogP contribution in [-0.2, 0) is 35.8 Å². The van der Waals surface area contributed by atoms with Crippen LogP contribution in [0.2, 0.25) is 0 Å². The normalized spacial score (nSPS) is 13.5. The number of ether oxygens (including phenoxy) is 3. The number of carbonyl (C=O) groups is 2. The van der Waals surface area contributed by atoms with Crippen molar-refractivity contribution in [3.8, 4) is 11.5 Å². The maximum atomic E-state index is 14.1. The van der Waals surface area contributed by atoms with Gasteiger partial charge < -0.3 is 24.4 Å². The molecule has 268 valence electrons. The fourth-order valence-corrected chi connectivity index (χ4v) is 6.31. The van der Waals surface area contributed by atoms with Crippen LogP contribution in [-0.4, -0.2) is 36.0 Å². The van der Waals surface area contributed by atoms with Crippen LogP contribution in [0, 0.1) is 5.92 Å². The largest absolute Gasteiger partial charge is 0.488 e. The molecule has 51 heavy (non-hydrogen) atoms. The molecule has 7 heteroatoms. The number of allylic oxidation sites excluding steroid dienone is 1. The number of hydrogen-bond acceptors (Lipinski definition) is 6. The van der Waals surface area contributed by atoms with Crippen LogP contribution in [0.25, 0.3) is 5.57 Å². The molecule has 1 N–H and O–H groups in total. The molecule has 1 aliphatic rings. The Labute approximate surface area is 303 Å². The fraction of sp³-hybridized carbons (Fsp3) is 0.364. The van der Waals surface area contributed by atoms with Crippen molar-refractivity contribution in [2.24, 2.45) is 5.92 Å². The second kappa shape index (κ2) is 18.4. The Hall–Kier alpha value is -4.88. The summed E-state index contributed by atoms with van der Waals surface area (Å²) in [5.41, 5.74) is 6.07. The Morgan fingerprint density at radius 2 is 1.33 bits per heavy atom. The summed E-state index contributed by atoms with van der Waals surface area (Å²) in [6.07, 6.45) is 4.96. The lowest BCUT2D eigenvalue weighted by atomic mass is 10.0. The van der Waals surface area contributed by atoms with Crippen molar-refractivity contribution in [1.29, 1.82) is 0 Å². The van der Waals surface area contributed by atoms with Gasteiger partial charge in [-0.05, 0) is 78.8 Å². The highest BCUT2D eigenvalue weighted by Crippen LogP contribution is 2.35. The van der Waals surface area contributed by atoms with Crippen LogP contribution in [0.3, 0.4) is 0 Å². The van der Waals surface area contributed by atoms with Crippen LogP contribution in [0.5, 0.6) is 11.5 Å². The van der Waals surface area contributed by atoms with E-state index in [4.69, 9.17) is 14.2 Å². The smallest absolute Gasteiger partial charge is 0.323 e. The van der Waals surface area contributed by atoms with Crippen LogP contribution >= 0.6 is 0 Å². The van der Waals surface area contributed by atoms with E-state index in [-0.39, 0.29) is 24.0 Å². The highest BCUT2D eigenvalue weighted by atomic mass is 16.5. The number of nitrogens with one attached hydrogen (secondary N) is 1. The predicted molar refractivity (Wildman–Crippen MR) is 203 cm³/mol. The first-order valence-electron chi connectivity index (χ1n) is 18.1. The molecule has 0 saturated heterocycles. The van der Waals surface area contributed by atoms with E-state index in [1.54, 1.807) is 11.9 Å². The third kappa shape index (κ3) is 11.1. The zero-order valence-electron chi connectivity index (χ0n) is 30.5. The number of amides is 1. The fourth-order valence-electron chi connectivity index (χ4n) is 6.31. The Bertz CT molecular complexity index is 1730. The molecule has 0 heterocycles. The van der Waals surface area contributed by atoms with Crippen molar-refractivity contribution in [2.45, 2.75) is 91.3 Å². The van der Waals surface area contributed by atoms with Gasteiger partial charge in [-0.3, -0.25) is 9.59 Å². The summed E-state index contributed by atoms with van der Waals surface area (Å²) >= 11 is 0. The van der Waals surface area contributed by atoms with Crippen molar-refractivity contribution in [3.05, 3.63) is 137 Å². The van der Waals surface area contributed by atoms with Crippen LogP contribution in [0.15, 0.2) is 104 Å². The van der Waals surface area contributed by atoms with Crippen LogP contribution in [0.4, 0.5) is 0 Å². The number of benzene rings is 4. The zero-order chi connectivity index (χ0) is 36.2. The molecule has 0 spiro atoms. The number of nitrogens with zero attached hydrogens (tertiary/aromatic N) is 1. The highest BCUT2D eigenvalue weighted by Gasteiger charge is 2.26. The molecule has 0 bridgehead atoms. The monoisotopic (exact) mass is 688 g/mol. The van der Waals surface area contributed by atoms with Gasteiger partial charge in [-0.25, -0.2) is 0 Å². The average Bonchev–Trinajstić information content (AvgIpc) is 3.65. The molecule has 0 aliphatic heterocycles. The summed E-state index contributed by atoms with van der Waals surface area (Å²) in [5, 5.41) is 3.44. The molecule has 1 fully saturated rings. The highest BCUT2D eigenvalue weighted by molar-refractivity contribution is 5.98. The van der Waals surface area contributed by atoms with E-state index in [0.717, 1.165) is 65.5 Å². The standard InChI is InChI=1S/C44H52N2O5/c1-31(2)24-40(44(48)51-37-18-12-13-19-37)45-27-33-20-22-34(23-21-33)28-46(5)43(47)39-25-38(32(3)4)41(49-29-35-14-8-6-9-15-35)26-42(39)50-30-36-16-10-7-11-17-36/h6-11,14-17,20-23,25-26,31,37,40,45H,3,12-13,18-19,24,27-30H2,1-2,4-5H3/t40-/m0/s1. The molecule has 4 aromatic rings. The number of carbonyl (C=O) groups excluding carboxylic acids is 2. The maximum absolute atomic E-state index is 14.1. The lowest BCUT2D eigenvalue weighted by Crippen LogP contribution is -2.40. The maximum Gasteiger partial charge on any atom is 0.323 e. The van der Waals surface area contributed by atoms with E-state index in [9.17, 15) is 9.59 Å². The Kier molecular flexibility index (Phi) is 13.5. The third-order valence-electron chi connectivity index (χ3n) is 9.16. The number of hydrogen-bond donors (Lipinski definition) is 1. The molecule has 1 aliphatic carbocycles. The van der Waals surface area contributed by atoms with Gasteiger partial charge in [-0.1, -0.05) is 105 Å². The molecular weight excluding hydrogens is 636 g/mol. The average molecular weight is 689 g/mol. The topological polar surface area (TPSA) is 77.1 Å². The summed E-state index contributed by atoms with van der Waals surface area (Å²) in [6, 6.07) is 31.3. The Morgan fingerprint density at radius 1 is 0.784 bits per heavy atom. The Balaban J connectivity index is 1.28. The van der Waals surface area contributed by atoms with Crippen LogP contribution in [0.1, 0.15) is 91.1 Å². The molecule has 1 atom stereocenters. The van der Waals surface area contributed by atoms with Gasteiger partial charge in [0.05, 0.1) is 5.56 Å². The lowest BCUT2D eigenvalue weighted by molar-refractivity contribution is -0.151. The number of esters is 1. The first kappa shape index (κ1) is 37.4. The van der Waals surface area contributed by atoms with Gasteiger partial charge in [-0.15, -0.1) is 0 Å². The predicted octanol–water partition coefficient (Wildman–Crippen LogP) is 9.14. The molecule has 5 rings (SSSR count). The van der Waals surface area contributed by atoms with E-state index in [1.165, 1.54) is 0 Å². The molecule has 0 radical (unpaired) electrons. The summed E-state index contributed by atoms with van der Waals surface area (Å²) in [4.78, 5) is 28.8. The van der Waals surface area contributed by atoms with Gasteiger partial charge in [-0.2, -0.15) is 0 Å². The Morgan fingerprint density at radius 3 is 1.88 bits per heavy atom. The second-order valence-corrected chi connectivity index (χ2v) is 14.1. The first-order chi connectivity index (χ1) is 24.7. The van der Waals surface area contributed by atoms with Gasteiger partial charge in [0.25, 0.3) is 5.91 Å². The van der Waals surface area contributed by atoms with Crippen molar-refractivity contribution in [2.75, 3.05) is 7.05 Å². The van der Waals surface area contributed by atoms with E-state index in [1.807, 2.05) is 104 Å². The van der Waals surface area contributed by atoms with E-state index >= 15 is 0 Å². The van der Waals surface area contributed by atoms with E-state index < -0.39 is 0 Å². The molecule has 0 aromatic heterocycles. The SMILES string of the molecule is C=C(C)c1cc(C(=O)N(C)Cc2ccc(CN[C@@H](CC(C)C)C(=O)OC3CCCC3)cc2)c(OCc2ccccc2)cc1OCc1ccccc1. The zero-order valence-corrected chi connectivity index (χ0v) is 30.5. The molecule has 1 amide bonds. The summed E-state index contributed by atoms with van der Waals surface area (Å²) in [7, 11) is 1.80. The molecule has 4 aromatic carbocycles. The van der Waals surface area contributed by atoms with E-state index in [0.29, 0.717) is 49.3 Å². The lowest BCUT2D eigenvalue weighted by Gasteiger charge is -2.22. The molecule has 0 unspecified atom stereocenters. The van der Waals surface area contributed by atoms with Crippen molar-refractivity contribution < 1.29 is 23.8 Å². The second-order valence-electron chi connectivity index (χ2n) is 14.1. The minimum atomic E-state index is -0.341. The van der Waals surface area contributed by atoms with Gasteiger partial charge in [0.1, 0.15) is 36.9 Å². The summed E-state index contributed by atoms with van der Waals surface area (Å²) < 4.78 is 18.4. The summed E-state index contributed by atoms with van der Waals surface area (Å²) in [6.45, 7) is 12.0. The first-order valence-corrected chi connectivity index (χ1v) is 18.1. The third-order valence-corrected chi connectivity index (χ3v) is 9.16. The van der Waals surface area contributed by atoms with Crippen molar-refractivity contribution in [3.63, 3.8) is 0 Å². The molecule has 1 saturated carbocycles.